The van der Waals surface area contributed by atoms with Crippen LogP contribution in [0, 0.1) is 0 Å². The number of rotatable bonds is 17. The van der Waals surface area contributed by atoms with Crippen molar-refractivity contribution in [3.8, 4) is 0 Å². The monoisotopic (exact) mass is 746 g/mol. The Labute approximate surface area is 338 Å². The summed E-state index contributed by atoms with van der Waals surface area (Å²) in [6.45, 7) is 6.14. The Kier molecular flexibility index (Phi) is 13.2. The minimum Gasteiger partial charge on any atom is -0.370 e. The van der Waals surface area contributed by atoms with Gasteiger partial charge in [-0.1, -0.05) is 146 Å². The van der Waals surface area contributed by atoms with Gasteiger partial charge in [0.25, 0.3) is 0 Å². The van der Waals surface area contributed by atoms with Gasteiger partial charge in [0.2, 0.25) is 0 Å². The normalized spacial score (nSPS) is 11.2. The molecule has 0 aromatic heterocycles. The SMILES string of the molecule is CCN(Cc1ccccc1)c1ccc(/C=N/N(Cc2ccc(CN(/N=C/c3ccc(N(C)Cc4ccccc4)cc3)c3ccccc3)cc2)c2ccccc2)cc1. The van der Waals surface area contributed by atoms with Crippen LogP contribution in [0.4, 0.5) is 22.7 Å². The third-order valence-electron chi connectivity index (χ3n) is 9.94. The molecule has 0 spiro atoms. The predicted molar refractivity (Wildman–Crippen MR) is 241 cm³/mol. The molecular weight excluding hydrogens is 697 g/mol. The van der Waals surface area contributed by atoms with E-state index in [4.69, 9.17) is 10.2 Å². The summed E-state index contributed by atoms with van der Waals surface area (Å²) < 4.78 is 0. The molecule has 0 heterocycles. The van der Waals surface area contributed by atoms with Crippen LogP contribution in [0.2, 0.25) is 0 Å². The van der Waals surface area contributed by atoms with Gasteiger partial charge < -0.3 is 9.80 Å². The fourth-order valence-electron chi connectivity index (χ4n) is 6.69. The molecule has 0 radical (unpaired) electrons. The second-order valence-corrected chi connectivity index (χ2v) is 14.1. The maximum Gasteiger partial charge on any atom is 0.0666 e. The number of hydrogen-bond donors (Lipinski definition) is 0. The molecule has 0 N–H and O–H groups in total. The van der Waals surface area contributed by atoms with Crippen molar-refractivity contribution < 1.29 is 0 Å². The van der Waals surface area contributed by atoms with Crippen molar-refractivity contribution in [1.82, 2.24) is 0 Å². The minimum absolute atomic E-state index is 0.635. The minimum atomic E-state index is 0.635. The third kappa shape index (κ3) is 11.1. The standard InChI is InChI=1S/C51H50N6/c1-3-55(39-45-18-10-5-11-19-45)49-34-30-43(31-35-49)37-53-57(51-22-14-7-15-23-51)41-47-26-24-46(25-27-47)40-56(50-20-12-6-13-21-50)52-36-42-28-32-48(33-29-42)54(2)38-44-16-8-4-9-17-44/h4-37H,3,38-41H2,1-2H3/b52-36+,53-37+. The summed E-state index contributed by atoms with van der Waals surface area (Å²) >= 11 is 0. The van der Waals surface area contributed by atoms with Gasteiger partial charge in [-0.05, 0) is 88.8 Å². The molecule has 7 aromatic carbocycles. The lowest BCUT2D eigenvalue weighted by Gasteiger charge is -2.23. The van der Waals surface area contributed by atoms with Crippen molar-refractivity contribution >= 4 is 35.2 Å². The van der Waals surface area contributed by atoms with E-state index in [0.717, 1.165) is 42.1 Å². The lowest BCUT2D eigenvalue weighted by Crippen LogP contribution is -2.21. The summed E-state index contributed by atoms with van der Waals surface area (Å²) in [7, 11) is 2.12. The van der Waals surface area contributed by atoms with Crippen molar-refractivity contribution in [3.63, 3.8) is 0 Å². The molecule has 0 aliphatic rings. The van der Waals surface area contributed by atoms with Crippen LogP contribution in [0.25, 0.3) is 0 Å². The number of nitrogens with zero attached hydrogens (tertiary/aromatic N) is 6. The van der Waals surface area contributed by atoms with Gasteiger partial charge in [-0.2, -0.15) is 10.2 Å². The lowest BCUT2D eigenvalue weighted by atomic mass is 10.1. The molecule has 0 amide bonds. The van der Waals surface area contributed by atoms with Gasteiger partial charge in [0, 0.05) is 38.1 Å². The Balaban J connectivity index is 1.01. The van der Waals surface area contributed by atoms with Gasteiger partial charge in [-0.3, -0.25) is 10.0 Å². The topological polar surface area (TPSA) is 37.7 Å². The Hall–Kier alpha value is -6.92. The number of hydrogen-bond acceptors (Lipinski definition) is 6. The predicted octanol–water partition coefficient (Wildman–Crippen LogP) is 11.4. The van der Waals surface area contributed by atoms with Crippen LogP contribution in [-0.2, 0) is 26.2 Å². The highest BCUT2D eigenvalue weighted by atomic mass is 15.5. The molecule has 6 heteroatoms. The van der Waals surface area contributed by atoms with Crippen molar-refractivity contribution in [3.05, 3.63) is 228 Å². The average Bonchev–Trinajstić information content (AvgIpc) is 3.28. The zero-order valence-corrected chi connectivity index (χ0v) is 32.8. The fourth-order valence-corrected chi connectivity index (χ4v) is 6.69. The van der Waals surface area contributed by atoms with Crippen molar-refractivity contribution in [2.75, 3.05) is 33.4 Å². The molecule has 0 aliphatic heterocycles. The molecule has 0 fully saturated rings. The molecule has 7 aromatic rings. The van der Waals surface area contributed by atoms with Gasteiger partial charge in [0.15, 0.2) is 0 Å². The summed E-state index contributed by atoms with van der Waals surface area (Å²) in [5, 5.41) is 14.1. The summed E-state index contributed by atoms with van der Waals surface area (Å²) in [5.74, 6) is 0. The highest BCUT2D eigenvalue weighted by Crippen LogP contribution is 2.23. The highest BCUT2D eigenvalue weighted by molar-refractivity contribution is 5.82. The van der Waals surface area contributed by atoms with Crippen LogP contribution < -0.4 is 19.8 Å². The molecule has 57 heavy (non-hydrogen) atoms. The molecule has 0 aliphatic carbocycles. The first kappa shape index (κ1) is 38.4. The lowest BCUT2D eigenvalue weighted by molar-refractivity contribution is 0.832. The number of hydrazone groups is 2. The first-order chi connectivity index (χ1) is 28.1. The van der Waals surface area contributed by atoms with Crippen LogP contribution in [0.1, 0.15) is 40.3 Å². The maximum absolute atomic E-state index is 4.98. The van der Waals surface area contributed by atoms with E-state index in [-0.39, 0.29) is 0 Å². The zero-order chi connectivity index (χ0) is 39.1. The molecular formula is C51H50N6. The van der Waals surface area contributed by atoms with Crippen molar-refractivity contribution in [1.29, 1.82) is 0 Å². The molecule has 0 saturated heterocycles. The van der Waals surface area contributed by atoms with E-state index >= 15 is 0 Å². The van der Waals surface area contributed by atoms with E-state index in [2.05, 4.69) is 216 Å². The highest BCUT2D eigenvalue weighted by Gasteiger charge is 2.10. The Morgan fingerprint density at radius 1 is 0.368 bits per heavy atom. The Morgan fingerprint density at radius 2 is 0.737 bits per heavy atom. The first-order valence-corrected chi connectivity index (χ1v) is 19.6. The molecule has 7 rings (SSSR count). The van der Waals surface area contributed by atoms with Gasteiger partial charge in [0.05, 0.1) is 36.9 Å². The van der Waals surface area contributed by atoms with Crippen molar-refractivity contribution in [2.45, 2.75) is 33.1 Å². The molecule has 0 unspecified atom stereocenters. The van der Waals surface area contributed by atoms with Gasteiger partial charge >= 0.3 is 0 Å². The van der Waals surface area contributed by atoms with E-state index in [0.29, 0.717) is 13.1 Å². The summed E-state index contributed by atoms with van der Waals surface area (Å²) in [6.07, 6.45) is 3.89. The quantitative estimate of drug-likeness (QED) is 0.0687. The molecule has 0 saturated carbocycles. The van der Waals surface area contributed by atoms with Gasteiger partial charge in [-0.15, -0.1) is 0 Å². The second-order valence-electron chi connectivity index (χ2n) is 14.1. The van der Waals surface area contributed by atoms with E-state index in [1.54, 1.807) is 0 Å². The van der Waals surface area contributed by atoms with Crippen molar-refractivity contribution in [2.24, 2.45) is 10.2 Å². The van der Waals surface area contributed by atoms with Gasteiger partial charge in [-0.25, -0.2) is 0 Å². The van der Waals surface area contributed by atoms with E-state index < -0.39 is 0 Å². The fraction of sp³-hybridized carbons (Fsp3) is 0.137. The zero-order valence-electron chi connectivity index (χ0n) is 32.8. The number of para-hydroxylation sites is 2. The molecule has 284 valence electrons. The number of anilines is 4. The smallest absolute Gasteiger partial charge is 0.0666 e. The van der Waals surface area contributed by atoms with Crippen LogP contribution in [0.3, 0.4) is 0 Å². The summed E-state index contributed by atoms with van der Waals surface area (Å²) in [4.78, 5) is 4.64. The molecule has 0 atom stereocenters. The third-order valence-corrected chi connectivity index (χ3v) is 9.94. The van der Waals surface area contributed by atoms with E-state index in [1.165, 1.54) is 33.6 Å². The second kappa shape index (κ2) is 19.6. The maximum atomic E-state index is 4.98. The van der Waals surface area contributed by atoms with Crippen LogP contribution in [0.15, 0.2) is 204 Å². The number of benzene rings is 7. The Bertz CT molecular complexity index is 2280. The summed E-state index contributed by atoms with van der Waals surface area (Å²) in [5.41, 5.74) is 11.5. The first-order valence-electron chi connectivity index (χ1n) is 19.6. The average molecular weight is 747 g/mol. The van der Waals surface area contributed by atoms with Crippen LogP contribution >= 0.6 is 0 Å². The molecule has 0 bridgehead atoms. The Morgan fingerprint density at radius 3 is 1.16 bits per heavy atom. The van der Waals surface area contributed by atoms with Gasteiger partial charge in [0.1, 0.15) is 0 Å². The van der Waals surface area contributed by atoms with Crippen LogP contribution in [0.5, 0.6) is 0 Å². The molecule has 6 nitrogen and oxygen atoms in total. The van der Waals surface area contributed by atoms with Crippen LogP contribution in [-0.4, -0.2) is 26.0 Å². The van der Waals surface area contributed by atoms with E-state index in [9.17, 15) is 0 Å². The largest absolute Gasteiger partial charge is 0.370 e. The van der Waals surface area contributed by atoms with E-state index in [1.807, 2.05) is 24.6 Å². The summed E-state index contributed by atoms with van der Waals surface area (Å²) in [6, 6.07) is 67.8.